The van der Waals surface area contributed by atoms with E-state index >= 15 is 0 Å². The van der Waals surface area contributed by atoms with Gasteiger partial charge in [-0.25, -0.2) is 0 Å². The average Bonchev–Trinajstić information content (AvgIpc) is 2.99. The first-order valence-electron chi connectivity index (χ1n) is 9.68. The minimum atomic E-state index is -0.753. The number of nitrogens with one attached hydrogen (secondary N) is 1. The number of carbonyl (C=O) groups excluding carboxylic acids is 2. The van der Waals surface area contributed by atoms with Gasteiger partial charge in [0.05, 0.1) is 24.3 Å². The fourth-order valence-electron chi connectivity index (χ4n) is 3.44. The van der Waals surface area contributed by atoms with Gasteiger partial charge in [-0.2, -0.15) is 0 Å². The molecule has 1 fully saturated rings. The quantitative estimate of drug-likeness (QED) is 0.568. The molecule has 1 N–H and O–H groups in total. The summed E-state index contributed by atoms with van der Waals surface area (Å²) in [5.41, 5.74) is 1.99. The number of amides is 2. The molecule has 0 radical (unpaired) electrons. The summed E-state index contributed by atoms with van der Waals surface area (Å²) < 4.78 is 0. The number of aromatic nitrogens is 1. The topological polar surface area (TPSA) is 65.5 Å². The van der Waals surface area contributed by atoms with E-state index in [0.717, 1.165) is 5.69 Å². The molecule has 1 aliphatic rings. The second-order valence-electron chi connectivity index (χ2n) is 7.02. The van der Waals surface area contributed by atoms with E-state index in [9.17, 15) is 9.59 Å². The van der Waals surface area contributed by atoms with Gasteiger partial charge in [-0.05, 0) is 54.7 Å². The van der Waals surface area contributed by atoms with Crippen molar-refractivity contribution < 1.29 is 9.59 Å². The van der Waals surface area contributed by atoms with Crippen LogP contribution < -0.4 is 10.2 Å². The van der Waals surface area contributed by atoms with Crippen LogP contribution in [0.3, 0.4) is 0 Å². The van der Waals surface area contributed by atoms with Crippen LogP contribution in [-0.2, 0) is 16.1 Å². The van der Waals surface area contributed by atoms with Crippen LogP contribution in [0.2, 0.25) is 5.02 Å². The molecule has 1 saturated heterocycles. The summed E-state index contributed by atoms with van der Waals surface area (Å²) in [6, 6.07) is 20.8. The van der Waals surface area contributed by atoms with Crippen LogP contribution in [0.4, 0.5) is 11.4 Å². The summed E-state index contributed by atoms with van der Waals surface area (Å²) in [4.78, 5) is 33.6. The number of thiocarbonyl (C=S) groups is 1. The van der Waals surface area contributed by atoms with Gasteiger partial charge in [0.15, 0.2) is 5.11 Å². The Balaban J connectivity index is 1.61. The fourth-order valence-corrected chi connectivity index (χ4v) is 4.01. The largest absolute Gasteiger partial charge is 0.330 e. The Morgan fingerprint density at radius 1 is 1.06 bits per heavy atom. The lowest BCUT2D eigenvalue weighted by Crippen LogP contribution is -2.37. The Kier molecular flexibility index (Phi) is 6.25. The SMILES string of the molecule is O=C(C[C@@H]1C(=O)N(c2cccc(Cl)c2)C(=S)N1Cc1ccccn1)Nc1ccccc1. The Hall–Kier alpha value is -3.29. The summed E-state index contributed by atoms with van der Waals surface area (Å²) in [7, 11) is 0. The van der Waals surface area contributed by atoms with E-state index in [1.54, 1.807) is 47.5 Å². The van der Waals surface area contributed by atoms with Gasteiger partial charge >= 0.3 is 0 Å². The third-order valence-corrected chi connectivity index (χ3v) is 5.53. The van der Waals surface area contributed by atoms with Crippen molar-refractivity contribution in [3.05, 3.63) is 89.7 Å². The highest BCUT2D eigenvalue weighted by Gasteiger charge is 2.44. The Bertz CT molecular complexity index is 1110. The van der Waals surface area contributed by atoms with Gasteiger partial charge in [0.25, 0.3) is 5.91 Å². The zero-order valence-electron chi connectivity index (χ0n) is 16.4. The average molecular weight is 451 g/mol. The number of halogens is 1. The number of hydrogen-bond donors (Lipinski definition) is 1. The zero-order valence-corrected chi connectivity index (χ0v) is 18.0. The molecule has 1 atom stereocenters. The number of anilines is 2. The van der Waals surface area contributed by atoms with Crippen LogP contribution in [0.25, 0.3) is 0 Å². The predicted molar refractivity (Wildman–Crippen MR) is 125 cm³/mol. The number of rotatable bonds is 6. The van der Waals surface area contributed by atoms with Crippen molar-refractivity contribution in [3.8, 4) is 0 Å². The van der Waals surface area contributed by atoms with E-state index in [0.29, 0.717) is 28.1 Å². The van der Waals surface area contributed by atoms with Crippen molar-refractivity contribution in [2.75, 3.05) is 10.2 Å². The van der Waals surface area contributed by atoms with Crippen LogP contribution >= 0.6 is 23.8 Å². The van der Waals surface area contributed by atoms with Crippen LogP contribution in [0.1, 0.15) is 12.1 Å². The maximum absolute atomic E-state index is 13.4. The summed E-state index contributed by atoms with van der Waals surface area (Å²) in [5.74, 6) is -0.544. The molecule has 156 valence electrons. The molecule has 4 rings (SSSR count). The van der Waals surface area contributed by atoms with E-state index in [1.807, 2.05) is 36.4 Å². The van der Waals surface area contributed by atoms with E-state index in [4.69, 9.17) is 23.8 Å². The summed E-state index contributed by atoms with van der Waals surface area (Å²) in [6.07, 6.45) is 1.64. The molecule has 2 heterocycles. The van der Waals surface area contributed by atoms with Gasteiger partial charge in [0, 0.05) is 16.9 Å². The molecule has 6 nitrogen and oxygen atoms in total. The van der Waals surface area contributed by atoms with Crippen LogP contribution in [0.5, 0.6) is 0 Å². The van der Waals surface area contributed by atoms with Gasteiger partial charge in [-0.3, -0.25) is 19.5 Å². The van der Waals surface area contributed by atoms with Crippen LogP contribution in [0.15, 0.2) is 79.0 Å². The first-order chi connectivity index (χ1) is 15.0. The lowest BCUT2D eigenvalue weighted by atomic mass is 10.1. The van der Waals surface area contributed by atoms with Crippen molar-refractivity contribution in [1.82, 2.24) is 9.88 Å². The molecule has 1 aliphatic heterocycles. The van der Waals surface area contributed by atoms with Gasteiger partial charge < -0.3 is 10.2 Å². The zero-order chi connectivity index (χ0) is 21.8. The predicted octanol–water partition coefficient (Wildman–Crippen LogP) is 4.27. The molecule has 31 heavy (non-hydrogen) atoms. The molecule has 2 amide bonds. The second-order valence-corrected chi connectivity index (χ2v) is 7.82. The van der Waals surface area contributed by atoms with Crippen molar-refractivity contribution in [2.45, 2.75) is 19.0 Å². The van der Waals surface area contributed by atoms with Gasteiger partial charge in [0.2, 0.25) is 5.91 Å². The fraction of sp³-hybridized carbons (Fsp3) is 0.130. The lowest BCUT2D eigenvalue weighted by molar-refractivity contribution is -0.124. The van der Waals surface area contributed by atoms with Gasteiger partial charge in [0.1, 0.15) is 6.04 Å². The minimum absolute atomic E-state index is 0.0439. The molecular weight excluding hydrogens is 432 g/mol. The number of carbonyl (C=O) groups is 2. The van der Waals surface area contributed by atoms with Crippen molar-refractivity contribution in [2.24, 2.45) is 0 Å². The number of benzene rings is 2. The first-order valence-corrected chi connectivity index (χ1v) is 10.5. The Morgan fingerprint density at radius 2 is 1.84 bits per heavy atom. The third kappa shape index (κ3) is 4.73. The Morgan fingerprint density at radius 3 is 2.55 bits per heavy atom. The molecule has 2 aromatic carbocycles. The van der Waals surface area contributed by atoms with Crippen LogP contribution in [0, 0.1) is 0 Å². The summed E-state index contributed by atoms with van der Waals surface area (Å²) >= 11 is 11.8. The molecule has 0 aliphatic carbocycles. The summed E-state index contributed by atoms with van der Waals surface area (Å²) in [6.45, 7) is 0.311. The van der Waals surface area contributed by atoms with Crippen molar-refractivity contribution >= 4 is 52.1 Å². The van der Waals surface area contributed by atoms with E-state index in [1.165, 1.54) is 4.90 Å². The molecule has 0 bridgehead atoms. The first kappa shape index (κ1) is 21.0. The van der Waals surface area contributed by atoms with Gasteiger partial charge in [-0.1, -0.05) is 41.9 Å². The summed E-state index contributed by atoms with van der Waals surface area (Å²) in [5, 5.41) is 3.65. The smallest absolute Gasteiger partial charge is 0.256 e. The maximum Gasteiger partial charge on any atom is 0.256 e. The lowest BCUT2D eigenvalue weighted by Gasteiger charge is -2.23. The monoisotopic (exact) mass is 450 g/mol. The van der Waals surface area contributed by atoms with E-state index < -0.39 is 6.04 Å². The van der Waals surface area contributed by atoms with Crippen LogP contribution in [-0.4, -0.2) is 32.9 Å². The second kappa shape index (κ2) is 9.24. The van der Waals surface area contributed by atoms with E-state index in [-0.39, 0.29) is 18.2 Å². The minimum Gasteiger partial charge on any atom is -0.330 e. The molecule has 1 aromatic heterocycles. The molecule has 3 aromatic rings. The van der Waals surface area contributed by atoms with E-state index in [2.05, 4.69) is 10.3 Å². The van der Waals surface area contributed by atoms with Gasteiger partial charge in [-0.15, -0.1) is 0 Å². The highest BCUT2D eigenvalue weighted by atomic mass is 35.5. The van der Waals surface area contributed by atoms with Crippen molar-refractivity contribution in [1.29, 1.82) is 0 Å². The highest BCUT2D eigenvalue weighted by Crippen LogP contribution is 2.30. The number of nitrogens with zero attached hydrogens (tertiary/aromatic N) is 3. The molecule has 0 unspecified atom stereocenters. The third-order valence-electron chi connectivity index (χ3n) is 4.88. The normalized spacial score (nSPS) is 16.0. The number of hydrogen-bond acceptors (Lipinski definition) is 4. The highest BCUT2D eigenvalue weighted by molar-refractivity contribution is 7.80. The number of para-hydroxylation sites is 1. The molecule has 8 heteroatoms. The molecular formula is C23H19ClN4O2S. The molecule has 0 saturated carbocycles. The number of pyridine rings is 1. The Labute approximate surface area is 190 Å². The maximum atomic E-state index is 13.4. The standard InChI is InChI=1S/C23H19ClN4O2S/c24-16-7-6-11-19(13-16)28-22(30)20(14-21(29)26-17-8-2-1-3-9-17)27(23(28)31)15-18-10-4-5-12-25-18/h1-13,20H,14-15H2,(H,26,29)/t20-/m1/s1. The van der Waals surface area contributed by atoms with Crippen molar-refractivity contribution in [3.63, 3.8) is 0 Å². The molecule has 0 spiro atoms.